The molecule has 3 N–H and O–H groups in total. The SMILES string of the molecule is COc1ccccc1NC(=O)c1sc2nc3ccc(C)cc3cc2c1N. The lowest BCUT2D eigenvalue weighted by Gasteiger charge is -2.09. The molecule has 6 heteroatoms. The summed E-state index contributed by atoms with van der Waals surface area (Å²) in [6.45, 7) is 2.03. The Morgan fingerprint density at radius 1 is 1.19 bits per heavy atom. The van der Waals surface area contributed by atoms with Gasteiger partial charge >= 0.3 is 0 Å². The van der Waals surface area contributed by atoms with Crippen LogP contribution >= 0.6 is 11.3 Å². The predicted molar refractivity (Wildman–Crippen MR) is 107 cm³/mol. The molecule has 0 aliphatic heterocycles. The molecule has 0 spiro atoms. The van der Waals surface area contributed by atoms with Crippen LogP contribution in [0.4, 0.5) is 11.4 Å². The van der Waals surface area contributed by atoms with Gasteiger partial charge in [0.2, 0.25) is 0 Å². The van der Waals surface area contributed by atoms with Crippen LogP contribution in [0.2, 0.25) is 0 Å². The van der Waals surface area contributed by atoms with Crippen LogP contribution < -0.4 is 15.8 Å². The Kier molecular flexibility index (Phi) is 3.97. The molecule has 0 fully saturated rings. The number of hydrogen-bond acceptors (Lipinski definition) is 5. The molecular weight excluding hydrogens is 346 g/mol. The van der Waals surface area contributed by atoms with Gasteiger partial charge in [0.05, 0.1) is 24.0 Å². The van der Waals surface area contributed by atoms with Gasteiger partial charge in [0.1, 0.15) is 15.5 Å². The molecule has 2 aromatic heterocycles. The average molecular weight is 363 g/mol. The van der Waals surface area contributed by atoms with Gasteiger partial charge < -0.3 is 15.8 Å². The number of nitrogens with two attached hydrogens (primary N) is 1. The third-order valence-electron chi connectivity index (χ3n) is 4.23. The van der Waals surface area contributed by atoms with E-state index in [1.165, 1.54) is 11.3 Å². The van der Waals surface area contributed by atoms with Gasteiger partial charge in [-0.15, -0.1) is 11.3 Å². The van der Waals surface area contributed by atoms with Gasteiger partial charge in [0.15, 0.2) is 0 Å². The number of carbonyl (C=O) groups excluding carboxylic acids is 1. The highest BCUT2D eigenvalue weighted by atomic mass is 32.1. The first-order chi connectivity index (χ1) is 12.6. The van der Waals surface area contributed by atoms with E-state index in [4.69, 9.17) is 10.5 Å². The summed E-state index contributed by atoms with van der Waals surface area (Å²) in [5.74, 6) is 0.329. The molecule has 5 nitrogen and oxygen atoms in total. The molecule has 0 saturated carbocycles. The summed E-state index contributed by atoms with van der Waals surface area (Å²) in [7, 11) is 1.57. The molecule has 4 aromatic rings. The van der Waals surface area contributed by atoms with Crippen molar-refractivity contribution in [3.63, 3.8) is 0 Å². The number of aryl methyl sites for hydroxylation is 1. The summed E-state index contributed by atoms with van der Waals surface area (Å²) in [5.41, 5.74) is 9.37. The Bertz CT molecular complexity index is 1150. The van der Waals surface area contributed by atoms with Crippen LogP contribution in [0, 0.1) is 6.92 Å². The van der Waals surface area contributed by atoms with E-state index >= 15 is 0 Å². The Hall–Kier alpha value is -3.12. The number of ether oxygens (including phenoxy) is 1. The fraction of sp³-hybridized carbons (Fsp3) is 0.100. The number of thiophene rings is 1. The molecule has 0 bridgehead atoms. The number of para-hydroxylation sites is 2. The molecule has 4 rings (SSSR count). The summed E-state index contributed by atoms with van der Waals surface area (Å²) in [6, 6.07) is 15.3. The minimum atomic E-state index is -0.268. The van der Waals surface area contributed by atoms with Crippen molar-refractivity contribution in [1.82, 2.24) is 4.98 Å². The lowest BCUT2D eigenvalue weighted by atomic mass is 10.1. The number of hydrogen-bond donors (Lipinski definition) is 2. The smallest absolute Gasteiger partial charge is 0.268 e. The highest BCUT2D eigenvalue weighted by molar-refractivity contribution is 7.21. The third-order valence-corrected chi connectivity index (χ3v) is 5.34. The van der Waals surface area contributed by atoms with Crippen molar-refractivity contribution < 1.29 is 9.53 Å². The van der Waals surface area contributed by atoms with E-state index in [1.807, 2.05) is 37.3 Å². The van der Waals surface area contributed by atoms with E-state index < -0.39 is 0 Å². The molecular formula is C20H17N3O2S. The van der Waals surface area contributed by atoms with Gasteiger partial charge in [-0.3, -0.25) is 4.79 Å². The Morgan fingerprint density at radius 2 is 2.00 bits per heavy atom. The topological polar surface area (TPSA) is 77.2 Å². The van der Waals surface area contributed by atoms with Crippen molar-refractivity contribution in [2.24, 2.45) is 0 Å². The highest BCUT2D eigenvalue weighted by Gasteiger charge is 2.19. The maximum absolute atomic E-state index is 12.8. The minimum Gasteiger partial charge on any atom is -0.495 e. The summed E-state index contributed by atoms with van der Waals surface area (Å²) in [6.07, 6.45) is 0. The first kappa shape index (κ1) is 16.4. The van der Waals surface area contributed by atoms with E-state index in [1.54, 1.807) is 19.2 Å². The molecule has 0 saturated heterocycles. The first-order valence-electron chi connectivity index (χ1n) is 8.10. The Labute approximate surface area is 154 Å². The number of rotatable bonds is 3. The Morgan fingerprint density at radius 3 is 2.81 bits per heavy atom. The van der Waals surface area contributed by atoms with E-state index in [0.29, 0.717) is 22.0 Å². The number of fused-ring (bicyclic) bond motifs is 2. The average Bonchev–Trinajstić information content (AvgIpc) is 2.96. The number of benzene rings is 2. The second kappa shape index (κ2) is 6.31. The van der Waals surface area contributed by atoms with E-state index in [9.17, 15) is 4.79 Å². The van der Waals surface area contributed by atoms with Crippen LogP contribution in [0.1, 0.15) is 15.2 Å². The Balaban J connectivity index is 1.77. The number of aromatic nitrogens is 1. The third kappa shape index (κ3) is 2.74. The number of nitrogens with zero attached hydrogens (tertiary/aromatic N) is 1. The van der Waals surface area contributed by atoms with Crippen LogP contribution in [-0.2, 0) is 0 Å². The molecule has 0 unspecified atom stereocenters. The zero-order valence-electron chi connectivity index (χ0n) is 14.4. The van der Waals surface area contributed by atoms with Crippen LogP contribution in [0.15, 0.2) is 48.5 Å². The molecule has 1 amide bonds. The van der Waals surface area contributed by atoms with E-state index in [0.717, 1.165) is 26.7 Å². The normalized spacial score (nSPS) is 11.0. The summed E-state index contributed by atoms with van der Waals surface area (Å²) in [4.78, 5) is 18.6. The van der Waals surface area contributed by atoms with E-state index in [-0.39, 0.29) is 5.91 Å². The molecule has 0 aliphatic carbocycles. The number of anilines is 2. The predicted octanol–water partition coefficient (Wildman–Crippen LogP) is 4.60. The van der Waals surface area contributed by atoms with Gasteiger partial charge in [-0.05, 0) is 37.3 Å². The monoisotopic (exact) mass is 363 g/mol. The maximum atomic E-state index is 12.8. The zero-order valence-corrected chi connectivity index (χ0v) is 15.2. The number of carbonyl (C=O) groups is 1. The number of methoxy groups -OCH3 is 1. The molecule has 130 valence electrons. The van der Waals surface area contributed by atoms with Gasteiger partial charge in [0, 0.05) is 10.8 Å². The summed E-state index contributed by atoms with van der Waals surface area (Å²) >= 11 is 1.29. The lowest BCUT2D eigenvalue weighted by Crippen LogP contribution is -2.12. The van der Waals surface area contributed by atoms with Crippen molar-refractivity contribution in [2.45, 2.75) is 6.92 Å². The molecule has 0 aliphatic rings. The lowest BCUT2D eigenvalue weighted by molar-refractivity contribution is 0.103. The van der Waals surface area contributed by atoms with Crippen molar-refractivity contribution in [1.29, 1.82) is 0 Å². The second-order valence-corrected chi connectivity index (χ2v) is 7.04. The van der Waals surface area contributed by atoms with E-state index in [2.05, 4.69) is 16.4 Å². The fourth-order valence-corrected chi connectivity index (χ4v) is 3.90. The standard InChI is InChI=1S/C20H17N3O2S/c1-11-7-8-14-12(9-11)10-13-17(21)18(26-20(13)23-14)19(24)22-15-5-3-4-6-16(15)25-2/h3-10H,21H2,1-2H3,(H,22,24). The van der Waals surface area contributed by atoms with Crippen molar-refractivity contribution in [2.75, 3.05) is 18.2 Å². The largest absolute Gasteiger partial charge is 0.495 e. The number of nitrogens with one attached hydrogen (secondary N) is 1. The van der Waals surface area contributed by atoms with Crippen LogP contribution in [0.25, 0.3) is 21.1 Å². The number of amides is 1. The molecule has 2 aromatic carbocycles. The van der Waals surface area contributed by atoms with Crippen LogP contribution in [0.5, 0.6) is 5.75 Å². The minimum absolute atomic E-state index is 0.268. The quantitative estimate of drug-likeness (QED) is 0.558. The fourth-order valence-electron chi connectivity index (χ4n) is 2.92. The number of pyridine rings is 1. The number of nitrogen functional groups attached to an aromatic ring is 1. The molecule has 2 heterocycles. The summed E-state index contributed by atoms with van der Waals surface area (Å²) in [5, 5.41) is 4.69. The van der Waals surface area contributed by atoms with Crippen LogP contribution in [-0.4, -0.2) is 18.0 Å². The molecule has 0 atom stereocenters. The van der Waals surface area contributed by atoms with Gasteiger partial charge in [-0.2, -0.15) is 0 Å². The second-order valence-electron chi connectivity index (χ2n) is 6.04. The highest BCUT2D eigenvalue weighted by Crippen LogP contribution is 2.35. The molecule has 0 radical (unpaired) electrons. The maximum Gasteiger partial charge on any atom is 0.268 e. The van der Waals surface area contributed by atoms with Crippen molar-refractivity contribution in [3.05, 3.63) is 59.0 Å². The van der Waals surface area contributed by atoms with Gasteiger partial charge in [0.25, 0.3) is 5.91 Å². The van der Waals surface area contributed by atoms with Gasteiger partial charge in [-0.25, -0.2) is 4.98 Å². The summed E-state index contributed by atoms with van der Waals surface area (Å²) < 4.78 is 5.28. The zero-order chi connectivity index (χ0) is 18.3. The van der Waals surface area contributed by atoms with Crippen LogP contribution in [0.3, 0.4) is 0 Å². The van der Waals surface area contributed by atoms with Crippen molar-refractivity contribution in [3.8, 4) is 5.75 Å². The first-order valence-corrected chi connectivity index (χ1v) is 8.92. The molecule has 26 heavy (non-hydrogen) atoms. The van der Waals surface area contributed by atoms with Crippen molar-refractivity contribution >= 4 is 49.7 Å². The van der Waals surface area contributed by atoms with Gasteiger partial charge in [-0.1, -0.05) is 23.8 Å².